The predicted octanol–water partition coefficient (Wildman–Crippen LogP) is 2.28. The second-order valence-corrected chi connectivity index (χ2v) is 2.86. The van der Waals surface area contributed by atoms with Crippen LogP contribution in [0.4, 0.5) is 0 Å². The molecule has 0 aliphatic carbocycles. The van der Waals surface area contributed by atoms with Crippen LogP contribution in [-0.2, 0) is 0 Å². The number of nitrogens with zero attached hydrogens (tertiary/aromatic N) is 2. The Morgan fingerprint density at radius 3 is 2.93 bits per heavy atom. The van der Waals surface area contributed by atoms with E-state index in [1.165, 1.54) is 0 Å². The average molecular weight is 185 g/mol. The summed E-state index contributed by atoms with van der Waals surface area (Å²) in [5, 5.41) is 4.67. The normalized spacial score (nSPS) is 10.9. The van der Waals surface area contributed by atoms with Crippen molar-refractivity contribution in [2.45, 2.75) is 0 Å². The minimum atomic E-state index is 0.418. The molecular weight excluding hydrogens is 180 g/mol. The molecule has 0 atom stereocenters. The van der Waals surface area contributed by atoms with Crippen LogP contribution in [0.15, 0.2) is 39.3 Å². The number of furan rings is 1. The van der Waals surface area contributed by atoms with E-state index in [4.69, 9.17) is 4.42 Å². The van der Waals surface area contributed by atoms with E-state index in [1.54, 1.807) is 0 Å². The molecule has 3 aromatic rings. The van der Waals surface area contributed by atoms with E-state index in [-0.39, 0.29) is 0 Å². The lowest BCUT2D eigenvalue weighted by Crippen LogP contribution is -1.73. The van der Waals surface area contributed by atoms with E-state index in [2.05, 4.69) is 21.1 Å². The van der Waals surface area contributed by atoms with E-state index in [0.29, 0.717) is 11.6 Å². The Labute approximate surface area is 79.1 Å². The molecule has 0 N–H and O–H groups in total. The Kier molecular flexibility index (Phi) is 1.41. The third-order valence-corrected chi connectivity index (χ3v) is 1.97. The molecule has 2 heterocycles. The highest BCUT2D eigenvalue weighted by atomic mass is 16.5. The quantitative estimate of drug-likeness (QED) is 0.583. The first-order valence-corrected chi connectivity index (χ1v) is 4.12. The fourth-order valence-electron chi connectivity index (χ4n) is 1.34. The van der Waals surface area contributed by atoms with Gasteiger partial charge in [0.05, 0.1) is 0 Å². The van der Waals surface area contributed by atoms with E-state index in [1.807, 2.05) is 30.3 Å². The fourth-order valence-corrected chi connectivity index (χ4v) is 1.34. The lowest BCUT2D eigenvalue weighted by atomic mass is 10.2. The average Bonchev–Trinajstić information content (AvgIpc) is 2.86. The highest BCUT2D eigenvalue weighted by Gasteiger charge is 2.09. The van der Waals surface area contributed by atoms with Crippen molar-refractivity contribution in [1.82, 2.24) is 10.1 Å². The predicted molar refractivity (Wildman–Crippen MR) is 48.3 cm³/mol. The summed E-state index contributed by atoms with van der Waals surface area (Å²) in [4.78, 5) is 3.79. The second kappa shape index (κ2) is 2.70. The van der Waals surface area contributed by atoms with Crippen LogP contribution in [0, 0.1) is 6.39 Å². The monoisotopic (exact) mass is 185 g/mol. The van der Waals surface area contributed by atoms with Gasteiger partial charge in [-0.3, -0.25) is 0 Å². The number of hydrogen-bond acceptors (Lipinski definition) is 4. The zero-order valence-corrected chi connectivity index (χ0v) is 7.10. The van der Waals surface area contributed by atoms with Gasteiger partial charge in [0.1, 0.15) is 5.58 Å². The summed E-state index contributed by atoms with van der Waals surface area (Å²) in [5.74, 6) is 1.01. The van der Waals surface area contributed by atoms with Gasteiger partial charge in [-0.05, 0) is 12.1 Å². The summed E-state index contributed by atoms with van der Waals surface area (Å²) in [6.07, 6.45) is 2.28. The van der Waals surface area contributed by atoms with Gasteiger partial charge in [0.2, 0.25) is 5.82 Å². The van der Waals surface area contributed by atoms with Crippen molar-refractivity contribution in [1.29, 1.82) is 0 Å². The molecule has 0 amide bonds. The molecule has 3 rings (SSSR count). The number of benzene rings is 1. The molecule has 0 unspecified atom stereocenters. The first kappa shape index (κ1) is 7.32. The maximum Gasteiger partial charge on any atom is 0.316 e. The first-order chi connectivity index (χ1) is 6.93. The third kappa shape index (κ3) is 1.01. The van der Waals surface area contributed by atoms with Gasteiger partial charge in [-0.15, -0.1) is 0 Å². The Hall–Kier alpha value is -2.10. The number of hydrogen-bond donors (Lipinski definition) is 0. The summed E-state index contributed by atoms with van der Waals surface area (Å²) in [5.41, 5.74) is 0.812. The molecule has 0 bridgehead atoms. The lowest BCUT2D eigenvalue weighted by molar-refractivity contribution is 0.409. The van der Waals surface area contributed by atoms with Gasteiger partial charge < -0.3 is 8.94 Å². The van der Waals surface area contributed by atoms with E-state index < -0.39 is 0 Å². The van der Waals surface area contributed by atoms with Crippen LogP contribution in [0.25, 0.3) is 22.6 Å². The van der Waals surface area contributed by atoms with E-state index in [9.17, 15) is 0 Å². The van der Waals surface area contributed by atoms with E-state index in [0.717, 1.165) is 11.0 Å². The van der Waals surface area contributed by atoms with Gasteiger partial charge in [0.25, 0.3) is 0 Å². The van der Waals surface area contributed by atoms with Crippen molar-refractivity contribution in [2.24, 2.45) is 0 Å². The molecular formula is C10H5N2O2. The number of aromatic nitrogens is 2. The molecule has 0 saturated heterocycles. The molecule has 4 heteroatoms. The van der Waals surface area contributed by atoms with Crippen molar-refractivity contribution >= 4 is 11.0 Å². The zero-order valence-electron chi connectivity index (χ0n) is 7.10. The summed E-state index contributed by atoms with van der Waals surface area (Å²) in [6.45, 7) is 0. The highest BCUT2D eigenvalue weighted by molar-refractivity contribution is 5.81. The second-order valence-electron chi connectivity index (χ2n) is 2.86. The van der Waals surface area contributed by atoms with Crippen LogP contribution in [0.5, 0.6) is 0 Å². The standard InChI is InChI=1S/C10H5N2O2/c1-2-4-8-7(3-1)5-9(14-8)10-11-6-13-12-10/h1-5H. The lowest BCUT2D eigenvalue weighted by Gasteiger charge is -1.83. The maximum absolute atomic E-state index is 5.51. The van der Waals surface area contributed by atoms with Crippen molar-refractivity contribution in [2.75, 3.05) is 0 Å². The van der Waals surface area contributed by atoms with Gasteiger partial charge in [-0.25, -0.2) is 0 Å². The highest BCUT2D eigenvalue weighted by Crippen LogP contribution is 2.24. The van der Waals surface area contributed by atoms with Crippen LogP contribution in [0.1, 0.15) is 0 Å². The van der Waals surface area contributed by atoms with Gasteiger partial charge in [-0.2, -0.15) is 4.98 Å². The van der Waals surface area contributed by atoms with Gasteiger partial charge in [0.15, 0.2) is 5.76 Å². The van der Waals surface area contributed by atoms with Gasteiger partial charge in [0, 0.05) is 5.39 Å². The largest absolute Gasteiger partial charge is 0.453 e. The molecule has 0 fully saturated rings. The first-order valence-electron chi connectivity index (χ1n) is 4.12. The summed E-state index contributed by atoms with van der Waals surface area (Å²) < 4.78 is 10.0. The maximum atomic E-state index is 5.51. The number of rotatable bonds is 1. The van der Waals surface area contributed by atoms with Crippen molar-refractivity contribution < 1.29 is 8.94 Å². The van der Waals surface area contributed by atoms with Crippen LogP contribution in [-0.4, -0.2) is 10.1 Å². The van der Waals surface area contributed by atoms with Crippen molar-refractivity contribution in [3.05, 3.63) is 36.7 Å². The Balaban J connectivity index is 2.24. The number of para-hydroxylation sites is 1. The molecule has 1 radical (unpaired) electrons. The van der Waals surface area contributed by atoms with Gasteiger partial charge >= 0.3 is 6.39 Å². The Bertz CT molecular complexity index is 521. The minimum absolute atomic E-state index is 0.418. The van der Waals surface area contributed by atoms with Crippen molar-refractivity contribution in [3.63, 3.8) is 0 Å². The molecule has 67 valence electrons. The molecule has 0 aliphatic heterocycles. The molecule has 0 aliphatic rings. The number of fused-ring (bicyclic) bond motifs is 1. The molecule has 4 nitrogen and oxygen atoms in total. The van der Waals surface area contributed by atoms with Gasteiger partial charge in [-0.1, -0.05) is 23.4 Å². The molecule has 14 heavy (non-hydrogen) atoms. The molecule has 2 aromatic heterocycles. The van der Waals surface area contributed by atoms with Crippen LogP contribution in [0.3, 0.4) is 0 Å². The van der Waals surface area contributed by atoms with E-state index >= 15 is 0 Å². The smallest absolute Gasteiger partial charge is 0.316 e. The molecule has 1 aromatic carbocycles. The Morgan fingerprint density at radius 1 is 1.21 bits per heavy atom. The topological polar surface area (TPSA) is 52.1 Å². The summed E-state index contributed by atoms with van der Waals surface area (Å²) >= 11 is 0. The third-order valence-electron chi connectivity index (χ3n) is 1.97. The SMILES string of the molecule is [c]1nc(-c2cc3ccccc3o2)no1. The summed E-state index contributed by atoms with van der Waals surface area (Å²) in [7, 11) is 0. The van der Waals surface area contributed by atoms with Crippen LogP contribution < -0.4 is 0 Å². The Morgan fingerprint density at radius 2 is 2.14 bits per heavy atom. The summed E-state index contributed by atoms with van der Waals surface area (Å²) in [6, 6.07) is 9.59. The van der Waals surface area contributed by atoms with Crippen molar-refractivity contribution in [3.8, 4) is 11.6 Å². The minimum Gasteiger partial charge on any atom is -0.453 e. The van der Waals surface area contributed by atoms with Crippen LogP contribution in [0.2, 0.25) is 0 Å². The molecule has 0 saturated carbocycles. The van der Waals surface area contributed by atoms with Crippen LogP contribution >= 0.6 is 0 Å². The molecule has 0 spiro atoms. The zero-order chi connectivity index (χ0) is 9.38. The fraction of sp³-hybridized carbons (Fsp3) is 0.